The van der Waals surface area contributed by atoms with Crippen LogP contribution in [0.4, 0.5) is 0 Å². The Hall–Kier alpha value is -1.42. The smallest absolute Gasteiger partial charge is 0.322 e. The van der Waals surface area contributed by atoms with Gasteiger partial charge in [0.15, 0.2) is 0 Å². The van der Waals surface area contributed by atoms with Crippen LogP contribution in [-0.2, 0) is 0 Å². The van der Waals surface area contributed by atoms with Gasteiger partial charge < -0.3 is 5.11 Å². The molecule has 2 rings (SSSR count). The Kier molecular flexibility index (Phi) is 2.44. The van der Waals surface area contributed by atoms with Crippen LogP contribution in [0.25, 0.3) is 0 Å². The largest absolute Gasteiger partial charge is 0.331 e. The van der Waals surface area contributed by atoms with Crippen molar-refractivity contribution in [3.05, 3.63) is 46.0 Å². The summed E-state index contributed by atoms with van der Waals surface area (Å²) in [5.41, 5.74) is -0.629. The van der Waals surface area contributed by atoms with E-state index in [4.69, 9.17) is 0 Å². The lowest BCUT2D eigenvalue weighted by molar-refractivity contribution is -0.622. The quantitative estimate of drug-likeness (QED) is 0.457. The van der Waals surface area contributed by atoms with Gasteiger partial charge in [-0.2, -0.15) is 0 Å². The van der Waals surface area contributed by atoms with Gasteiger partial charge in [0.2, 0.25) is 0 Å². The van der Waals surface area contributed by atoms with Crippen LogP contribution in [0.1, 0.15) is 30.7 Å². The molecule has 0 spiro atoms. The zero-order valence-corrected chi connectivity index (χ0v) is 8.30. The van der Waals surface area contributed by atoms with E-state index < -0.39 is 10.6 Å². The number of aliphatic hydroxyl groups is 1. The third-order valence-electron chi connectivity index (χ3n) is 3.08. The molecule has 0 aliphatic heterocycles. The van der Waals surface area contributed by atoms with Gasteiger partial charge in [-0.05, 0) is 17.9 Å². The maximum atomic E-state index is 10.7. The first kappa shape index (κ1) is 10.1. The summed E-state index contributed by atoms with van der Waals surface area (Å²) in [6.07, 6.45) is 1.16. The molecule has 1 aliphatic carbocycles. The van der Waals surface area contributed by atoms with Crippen LogP contribution in [-0.4, -0.2) is 15.8 Å². The topological polar surface area (TPSA) is 63.4 Å². The first-order valence-electron chi connectivity index (χ1n) is 5.04. The monoisotopic (exact) mass is 207 g/mol. The van der Waals surface area contributed by atoms with Crippen molar-refractivity contribution in [1.29, 1.82) is 0 Å². The number of benzene rings is 1. The van der Waals surface area contributed by atoms with E-state index >= 15 is 0 Å². The van der Waals surface area contributed by atoms with Crippen molar-refractivity contribution in [2.75, 3.05) is 0 Å². The molecule has 15 heavy (non-hydrogen) atoms. The van der Waals surface area contributed by atoms with Crippen molar-refractivity contribution in [3.63, 3.8) is 0 Å². The number of nitro groups is 1. The zero-order chi connectivity index (χ0) is 10.9. The van der Waals surface area contributed by atoms with Gasteiger partial charge in [0.05, 0.1) is 11.3 Å². The molecular weight excluding hydrogens is 194 g/mol. The van der Waals surface area contributed by atoms with Gasteiger partial charge in [0, 0.05) is 6.42 Å². The van der Waals surface area contributed by atoms with E-state index in [0.717, 1.165) is 5.56 Å². The SMILES string of the molecule is O=[N+]([O-])C1(O)CCC(c2ccccc2)C1. The second-order valence-corrected chi connectivity index (χ2v) is 4.09. The van der Waals surface area contributed by atoms with Crippen LogP contribution in [0.3, 0.4) is 0 Å². The summed E-state index contributed by atoms with van der Waals surface area (Å²) in [5, 5.41) is 20.4. The van der Waals surface area contributed by atoms with Gasteiger partial charge in [-0.15, -0.1) is 0 Å². The van der Waals surface area contributed by atoms with Gasteiger partial charge in [-0.1, -0.05) is 30.3 Å². The highest BCUT2D eigenvalue weighted by Gasteiger charge is 2.48. The fourth-order valence-electron chi connectivity index (χ4n) is 2.18. The van der Waals surface area contributed by atoms with E-state index in [1.807, 2.05) is 30.3 Å². The van der Waals surface area contributed by atoms with E-state index in [9.17, 15) is 15.2 Å². The molecule has 1 saturated carbocycles. The number of hydrogen-bond acceptors (Lipinski definition) is 3. The molecule has 1 fully saturated rings. The summed E-state index contributed by atoms with van der Waals surface area (Å²) < 4.78 is 0. The van der Waals surface area contributed by atoms with E-state index in [0.29, 0.717) is 6.42 Å². The fourth-order valence-corrected chi connectivity index (χ4v) is 2.18. The Morgan fingerprint density at radius 1 is 1.40 bits per heavy atom. The van der Waals surface area contributed by atoms with Crippen LogP contribution in [0, 0.1) is 10.1 Å². The molecule has 80 valence electrons. The Balaban J connectivity index is 2.14. The van der Waals surface area contributed by atoms with Crippen LogP contribution in [0.15, 0.2) is 30.3 Å². The average molecular weight is 207 g/mol. The molecular formula is C11H13NO3. The highest BCUT2D eigenvalue weighted by molar-refractivity contribution is 5.21. The van der Waals surface area contributed by atoms with E-state index in [2.05, 4.69) is 0 Å². The van der Waals surface area contributed by atoms with Gasteiger partial charge in [-0.25, -0.2) is 0 Å². The second-order valence-electron chi connectivity index (χ2n) is 4.09. The molecule has 1 aromatic rings. The zero-order valence-electron chi connectivity index (χ0n) is 8.30. The molecule has 1 N–H and O–H groups in total. The summed E-state index contributed by atoms with van der Waals surface area (Å²) in [7, 11) is 0. The lowest BCUT2D eigenvalue weighted by atomic mass is 9.97. The molecule has 0 bridgehead atoms. The Bertz CT molecular complexity index is 365. The standard InChI is InChI=1S/C11H13NO3/c13-11(12(14)15)7-6-10(8-11)9-4-2-1-3-5-9/h1-5,10,13H,6-8H2. The molecule has 0 saturated heterocycles. The number of nitrogens with zero attached hydrogens (tertiary/aromatic N) is 1. The Labute approximate surface area is 87.7 Å². The molecule has 0 heterocycles. The summed E-state index contributed by atoms with van der Waals surface area (Å²) >= 11 is 0. The molecule has 0 radical (unpaired) electrons. The molecule has 2 unspecified atom stereocenters. The minimum Gasteiger partial charge on any atom is -0.331 e. The van der Waals surface area contributed by atoms with E-state index in [1.165, 1.54) is 0 Å². The third kappa shape index (κ3) is 1.85. The molecule has 1 aromatic carbocycles. The fraction of sp³-hybridized carbons (Fsp3) is 0.455. The lowest BCUT2D eigenvalue weighted by Crippen LogP contribution is -2.34. The second kappa shape index (κ2) is 3.62. The lowest BCUT2D eigenvalue weighted by Gasteiger charge is -2.13. The average Bonchev–Trinajstić information content (AvgIpc) is 2.64. The molecule has 0 aromatic heterocycles. The normalized spacial score (nSPS) is 30.3. The van der Waals surface area contributed by atoms with Crippen molar-refractivity contribution < 1.29 is 10.0 Å². The molecule has 1 aliphatic rings. The van der Waals surface area contributed by atoms with Crippen LogP contribution >= 0.6 is 0 Å². The van der Waals surface area contributed by atoms with Crippen LogP contribution < -0.4 is 0 Å². The Morgan fingerprint density at radius 2 is 2.07 bits per heavy atom. The predicted molar refractivity (Wildman–Crippen MR) is 55.0 cm³/mol. The van der Waals surface area contributed by atoms with Gasteiger partial charge in [0.25, 0.3) is 0 Å². The van der Waals surface area contributed by atoms with Gasteiger partial charge >= 0.3 is 5.72 Å². The predicted octanol–water partition coefficient (Wildman–Crippen LogP) is 1.92. The third-order valence-corrected chi connectivity index (χ3v) is 3.08. The van der Waals surface area contributed by atoms with Crippen molar-refractivity contribution in [2.24, 2.45) is 0 Å². The van der Waals surface area contributed by atoms with Crippen molar-refractivity contribution in [1.82, 2.24) is 0 Å². The summed E-state index contributed by atoms with van der Waals surface area (Å²) in [6, 6.07) is 9.66. The van der Waals surface area contributed by atoms with Crippen molar-refractivity contribution in [3.8, 4) is 0 Å². The first-order valence-corrected chi connectivity index (χ1v) is 5.04. The first-order chi connectivity index (χ1) is 7.12. The van der Waals surface area contributed by atoms with Crippen molar-refractivity contribution in [2.45, 2.75) is 30.9 Å². The molecule has 0 amide bonds. The summed E-state index contributed by atoms with van der Waals surface area (Å²) in [6.45, 7) is 0. The van der Waals surface area contributed by atoms with E-state index in [1.54, 1.807) is 0 Å². The molecule has 4 heteroatoms. The number of hydrogen-bond donors (Lipinski definition) is 1. The van der Waals surface area contributed by atoms with Crippen molar-refractivity contribution >= 4 is 0 Å². The van der Waals surface area contributed by atoms with E-state index in [-0.39, 0.29) is 18.8 Å². The Morgan fingerprint density at radius 3 is 2.60 bits per heavy atom. The van der Waals surface area contributed by atoms with Gasteiger partial charge in [-0.3, -0.25) is 10.1 Å². The summed E-state index contributed by atoms with van der Waals surface area (Å²) in [5.74, 6) is 0.113. The highest BCUT2D eigenvalue weighted by Crippen LogP contribution is 2.40. The van der Waals surface area contributed by atoms with Gasteiger partial charge in [0.1, 0.15) is 0 Å². The van der Waals surface area contributed by atoms with Crippen LogP contribution in [0.2, 0.25) is 0 Å². The highest BCUT2D eigenvalue weighted by atomic mass is 16.7. The maximum Gasteiger partial charge on any atom is 0.322 e. The molecule has 2 atom stereocenters. The van der Waals surface area contributed by atoms with Crippen LogP contribution in [0.5, 0.6) is 0 Å². The maximum absolute atomic E-state index is 10.7. The summed E-state index contributed by atoms with van der Waals surface area (Å²) in [4.78, 5) is 10.1. The minimum atomic E-state index is -1.71. The number of rotatable bonds is 2. The molecule has 4 nitrogen and oxygen atoms in total. The minimum absolute atomic E-state index is 0.113.